The smallest absolute Gasteiger partial charge is 0.200 e. The summed E-state index contributed by atoms with van der Waals surface area (Å²) in [5.41, 5.74) is -0.222. The zero-order valence-electron chi connectivity index (χ0n) is 22.4. The molecule has 8 heteroatoms. The Morgan fingerprint density at radius 1 is 0.974 bits per heavy atom. The highest BCUT2D eigenvalue weighted by Crippen LogP contribution is 2.40. The fourth-order valence-electron chi connectivity index (χ4n) is 4.25. The van der Waals surface area contributed by atoms with Gasteiger partial charge in [0.1, 0.15) is 39.7 Å². The van der Waals surface area contributed by atoms with E-state index in [0.29, 0.717) is 6.42 Å². The second-order valence-corrected chi connectivity index (χ2v) is 10.4. The number of aromatic hydroxyl groups is 4. The van der Waals surface area contributed by atoms with E-state index in [9.17, 15) is 35.4 Å². The molecule has 3 aromatic rings. The van der Waals surface area contributed by atoms with Crippen LogP contribution in [-0.4, -0.2) is 42.3 Å². The van der Waals surface area contributed by atoms with E-state index in [4.69, 9.17) is 4.42 Å². The van der Waals surface area contributed by atoms with E-state index in [1.807, 2.05) is 33.8 Å². The lowest BCUT2D eigenvalue weighted by atomic mass is 9.87. The van der Waals surface area contributed by atoms with Crippen LogP contribution >= 0.6 is 0 Å². The zero-order chi connectivity index (χ0) is 28.4. The largest absolute Gasteiger partial charge is 0.508 e. The molecule has 0 aliphatic rings. The van der Waals surface area contributed by atoms with E-state index in [-0.39, 0.29) is 69.9 Å². The molecule has 0 saturated carbocycles. The number of phenols is 4. The van der Waals surface area contributed by atoms with E-state index in [2.05, 4.69) is 0 Å². The van der Waals surface area contributed by atoms with Crippen molar-refractivity contribution in [2.75, 3.05) is 0 Å². The van der Waals surface area contributed by atoms with Crippen LogP contribution in [0.3, 0.4) is 0 Å². The van der Waals surface area contributed by atoms with Crippen molar-refractivity contribution >= 4 is 11.0 Å². The predicted molar refractivity (Wildman–Crippen MR) is 147 cm³/mol. The molecule has 0 aliphatic heterocycles. The van der Waals surface area contributed by atoms with Gasteiger partial charge in [0.05, 0.1) is 17.3 Å². The highest BCUT2D eigenvalue weighted by atomic mass is 16.3. The van der Waals surface area contributed by atoms with Gasteiger partial charge in [-0.25, -0.2) is 0 Å². The van der Waals surface area contributed by atoms with Crippen molar-refractivity contribution in [2.45, 2.75) is 72.0 Å². The Morgan fingerprint density at radius 3 is 2.24 bits per heavy atom. The van der Waals surface area contributed by atoms with Crippen LogP contribution in [0, 0.1) is 0 Å². The molecular weight excluding hydrogens is 488 g/mol. The molecule has 0 spiro atoms. The summed E-state index contributed by atoms with van der Waals surface area (Å²) in [5, 5.41) is 63.7. The molecule has 8 nitrogen and oxygen atoms in total. The molecule has 0 radical (unpaired) electrons. The maximum absolute atomic E-state index is 13.8. The van der Waals surface area contributed by atoms with Crippen LogP contribution in [0.5, 0.6) is 23.0 Å². The molecule has 1 heterocycles. The third-order valence-electron chi connectivity index (χ3n) is 6.59. The average molecular weight is 525 g/mol. The maximum atomic E-state index is 13.8. The summed E-state index contributed by atoms with van der Waals surface area (Å²) < 4.78 is 5.97. The Bertz CT molecular complexity index is 1450. The quantitative estimate of drug-likeness (QED) is 0.209. The normalized spacial score (nSPS) is 13.7. The van der Waals surface area contributed by atoms with Crippen LogP contribution in [0.15, 0.2) is 56.8 Å². The van der Waals surface area contributed by atoms with E-state index in [1.54, 1.807) is 6.08 Å². The molecule has 1 aromatic heterocycles. The molecule has 1 unspecified atom stereocenters. The van der Waals surface area contributed by atoms with Crippen molar-refractivity contribution in [1.82, 2.24) is 0 Å². The summed E-state index contributed by atoms with van der Waals surface area (Å²) in [6, 6.07) is 4.95. The number of aliphatic hydroxyl groups excluding tert-OH is 1. The lowest BCUT2D eigenvalue weighted by Crippen LogP contribution is -2.41. The average Bonchev–Trinajstić information content (AvgIpc) is 2.79. The molecule has 3 rings (SSSR count). The molecule has 0 fully saturated rings. The van der Waals surface area contributed by atoms with Gasteiger partial charge >= 0.3 is 0 Å². The van der Waals surface area contributed by atoms with Gasteiger partial charge in [-0.2, -0.15) is 0 Å². The molecule has 0 amide bonds. The summed E-state index contributed by atoms with van der Waals surface area (Å²) in [6.45, 7) is 9.06. The first-order valence-corrected chi connectivity index (χ1v) is 12.5. The lowest BCUT2D eigenvalue weighted by molar-refractivity contribution is -0.0655. The lowest BCUT2D eigenvalue weighted by Gasteiger charge is -2.29. The number of phenolic OH excluding ortho intramolecular Hbond substituents is 4. The molecule has 0 saturated heterocycles. The van der Waals surface area contributed by atoms with Crippen molar-refractivity contribution in [3.05, 3.63) is 68.9 Å². The van der Waals surface area contributed by atoms with Crippen LogP contribution in [0.1, 0.15) is 58.6 Å². The van der Waals surface area contributed by atoms with Crippen molar-refractivity contribution in [3.63, 3.8) is 0 Å². The predicted octanol–water partition coefficient (Wildman–Crippen LogP) is 5.19. The highest BCUT2D eigenvalue weighted by Gasteiger charge is 2.33. The van der Waals surface area contributed by atoms with Crippen molar-refractivity contribution in [2.24, 2.45) is 0 Å². The minimum Gasteiger partial charge on any atom is -0.508 e. The SMILES string of the molecule is CC(C)=CCCC(C)(O)[C@@H](O)Cc1c(-c2ccc(O)cc2O)oc2cc(O)c(CC=C(C)C)c(O)c2c1=O. The van der Waals surface area contributed by atoms with Gasteiger partial charge < -0.3 is 35.1 Å². The number of allylic oxidation sites excluding steroid dienone is 4. The molecule has 38 heavy (non-hydrogen) atoms. The monoisotopic (exact) mass is 524 g/mol. The Balaban J connectivity index is 2.25. The van der Waals surface area contributed by atoms with Crippen molar-refractivity contribution in [3.8, 4) is 34.3 Å². The Labute approximate surface area is 221 Å². The summed E-state index contributed by atoms with van der Waals surface area (Å²) >= 11 is 0. The van der Waals surface area contributed by atoms with E-state index < -0.39 is 22.9 Å². The number of hydrogen-bond acceptors (Lipinski definition) is 8. The van der Waals surface area contributed by atoms with E-state index in [0.717, 1.165) is 17.2 Å². The highest BCUT2D eigenvalue weighted by molar-refractivity contribution is 5.89. The number of benzene rings is 2. The standard InChI is InChI=1S/C30H36O8/c1-16(2)7-6-12-30(5,37)25(34)14-21-28(36)26-24(15-23(33)19(27(26)35)10-8-17(3)4)38-29(21)20-11-9-18(31)13-22(20)32/h7-9,11,13,15,25,31-35,37H,6,10,12,14H2,1-5H3/t25-,30?/m0/s1. The molecular formula is C30H36O8. The molecule has 0 aliphatic carbocycles. The number of aliphatic hydroxyl groups is 2. The molecule has 6 N–H and O–H groups in total. The fourth-order valence-corrected chi connectivity index (χ4v) is 4.25. The number of rotatable bonds is 9. The van der Waals surface area contributed by atoms with Crippen LogP contribution in [0.4, 0.5) is 0 Å². The molecule has 2 aromatic carbocycles. The minimum absolute atomic E-state index is 0.0563. The summed E-state index contributed by atoms with van der Waals surface area (Å²) in [5.74, 6) is -1.43. The van der Waals surface area contributed by atoms with Gasteiger partial charge in [0.2, 0.25) is 0 Å². The minimum atomic E-state index is -1.56. The van der Waals surface area contributed by atoms with Crippen LogP contribution in [0.2, 0.25) is 0 Å². The summed E-state index contributed by atoms with van der Waals surface area (Å²) in [4.78, 5) is 13.8. The number of hydrogen-bond donors (Lipinski definition) is 6. The van der Waals surface area contributed by atoms with Crippen LogP contribution in [0.25, 0.3) is 22.3 Å². The first-order chi connectivity index (χ1) is 17.7. The second-order valence-electron chi connectivity index (χ2n) is 10.4. The summed E-state index contributed by atoms with van der Waals surface area (Å²) in [6.07, 6.45) is 2.90. The first-order valence-electron chi connectivity index (χ1n) is 12.5. The topological polar surface area (TPSA) is 152 Å². The van der Waals surface area contributed by atoms with Crippen molar-refractivity contribution in [1.29, 1.82) is 0 Å². The fraction of sp³-hybridized carbons (Fsp3) is 0.367. The zero-order valence-corrected chi connectivity index (χ0v) is 22.4. The first kappa shape index (κ1) is 28.8. The van der Waals surface area contributed by atoms with Gasteiger partial charge in [-0.1, -0.05) is 23.3 Å². The summed E-state index contributed by atoms with van der Waals surface area (Å²) in [7, 11) is 0. The van der Waals surface area contributed by atoms with Gasteiger partial charge in [0, 0.05) is 29.7 Å². The molecule has 0 bridgehead atoms. The van der Waals surface area contributed by atoms with Gasteiger partial charge in [-0.3, -0.25) is 4.79 Å². The third-order valence-corrected chi connectivity index (χ3v) is 6.59. The Hall–Kier alpha value is -3.75. The molecule has 204 valence electrons. The van der Waals surface area contributed by atoms with Gasteiger partial charge in [0.25, 0.3) is 0 Å². The van der Waals surface area contributed by atoms with Crippen molar-refractivity contribution < 1.29 is 35.1 Å². The maximum Gasteiger partial charge on any atom is 0.200 e. The molecule has 2 atom stereocenters. The van der Waals surface area contributed by atoms with E-state index >= 15 is 0 Å². The van der Waals surface area contributed by atoms with E-state index in [1.165, 1.54) is 25.1 Å². The van der Waals surface area contributed by atoms with Crippen LogP contribution in [-0.2, 0) is 12.8 Å². The second kappa shape index (κ2) is 11.3. The number of fused-ring (bicyclic) bond motifs is 1. The van der Waals surface area contributed by atoms with Gasteiger partial charge in [-0.05, 0) is 66.0 Å². The van der Waals surface area contributed by atoms with Gasteiger partial charge in [-0.15, -0.1) is 0 Å². The van der Waals surface area contributed by atoms with Crippen LogP contribution < -0.4 is 5.43 Å². The third kappa shape index (κ3) is 6.20. The van der Waals surface area contributed by atoms with Gasteiger partial charge in [0.15, 0.2) is 5.43 Å². The Kier molecular flexibility index (Phi) is 8.59. The Morgan fingerprint density at radius 2 is 1.63 bits per heavy atom.